The third-order valence-corrected chi connectivity index (χ3v) is 1.88. The van der Waals surface area contributed by atoms with Crippen LogP contribution >= 0.6 is 0 Å². The molecule has 1 aromatic carbocycles. The lowest BCUT2D eigenvalue weighted by Gasteiger charge is -2.20. The SMILES string of the molecule is CC(C)(C)c1ccc[c]c1C(=O)O. The smallest absolute Gasteiger partial charge is 0.336 e. The van der Waals surface area contributed by atoms with Crippen LogP contribution in [0.25, 0.3) is 0 Å². The van der Waals surface area contributed by atoms with Crippen molar-refractivity contribution in [2.45, 2.75) is 26.2 Å². The van der Waals surface area contributed by atoms with Gasteiger partial charge in [0, 0.05) is 0 Å². The van der Waals surface area contributed by atoms with Crippen LogP contribution in [0, 0.1) is 6.07 Å². The Morgan fingerprint density at radius 1 is 1.46 bits per heavy atom. The Balaban J connectivity index is 3.28. The van der Waals surface area contributed by atoms with Crippen molar-refractivity contribution in [1.29, 1.82) is 0 Å². The monoisotopic (exact) mass is 177 g/mol. The minimum Gasteiger partial charge on any atom is -0.478 e. The Kier molecular flexibility index (Phi) is 2.41. The van der Waals surface area contributed by atoms with Gasteiger partial charge in [0.15, 0.2) is 0 Å². The van der Waals surface area contributed by atoms with Crippen molar-refractivity contribution >= 4 is 5.97 Å². The van der Waals surface area contributed by atoms with E-state index in [0.29, 0.717) is 0 Å². The molecule has 0 aliphatic rings. The summed E-state index contributed by atoms with van der Waals surface area (Å²) in [6.07, 6.45) is 0. The molecule has 0 atom stereocenters. The van der Waals surface area contributed by atoms with Gasteiger partial charge in [0.25, 0.3) is 0 Å². The molecule has 0 aliphatic carbocycles. The van der Waals surface area contributed by atoms with Crippen molar-refractivity contribution < 1.29 is 9.90 Å². The number of benzene rings is 1. The fraction of sp³-hybridized carbons (Fsp3) is 0.364. The van der Waals surface area contributed by atoms with Gasteiger partial charge in [0.1, 0.15) is 0 Å². The average Bonchev–Trinajstić information content (AvgIpc) is 2.03. The summed E-state index contributed by atoms with van der Waals surface area (Å²) in [5, 5.41) is 8.90. The fourth-order valence-electron chi connectivity index (χ4n) is 1.24. The van der Waals surface area contributed by atoms with Crippen molar-refractivity contribution in [3.8, 4) is 0 Å². The van der Waals surface area contributed by atoms with Crippen LogP contribution in [0.15, 0.2) is 18.2 Å². The molecule has 0 spiro atoms. The van der Waals surface area contributed by atoms with E-state index in [4.69, 9.17) is 5.11 Å². The Hall–Kier alpha value is -1.31. The first kappa shape index (κ1) is 9.78. The Morgan fingerprint density at radius 2 is 2.08 bits per heavy atom. The van der Waals surface area contributed by atoms with Crippen LogP contribution in [0.1, 0.15) is 36.7 Å². The molecular formula is C11H13O2. The lowest BCUT2D eigenvalue weighted by atomic mass is 9.84. The first-order chi connectivity index (χ1) is 5.93. The summed E-state index contributed by atoms with van der Waals surface area (Å²) >= 11 is 0. The third-order valence-electron chi connectivity index (χ3n) is 1.88. The molecule has 0 aliphatic heterocycles. The zero-order valence-electron chi connectivity index (χ0n) is 8.09. The topological polar surface area (TPSA) is 37.3 Å². The number of rotatable bonds is 1. The van der Waals surface area contributed by atoms with E-state index >= 15 is 0 Å². The average molecular weight is 177 g/mol. The maximum absolute atomic E-state index is 10.8. The molecule has 2 nitrogen and oxygen atoms in total. The molecule has 1 N–H and O–H groups in total. The second-order valence-electron chi connectivity index (χ2n) is 4.01. The minimum absolute atomic E-state index is 0.147. The molecule has 0 saturated carbocycles. The zero-order chi connectivity index (χ0) is 10.1. The number of hydrogen-bond acceptors (Lipinski definition) is 1. The Labute approximate surface area is 78.2 Å². The minimum atomic E-state index is -0.912. The molecule has 13 heavy (non-hydrogen) atoms. The number of carbonyl (C=O) groups is 1. The Bertz CT molecular complexity index is 321. The summed E-state index contributed by atoms with van der Waals surface area (Å²) < 4.78 is 0. The van der Waals surface area contributed by atoms with Gasteiger partial charge >= 0.3 is 5.97 Å². The summed E-state index contributed by atoms with van der Waals surface area (Å²) in [4.78, 5) is 10.8. The van der Waals surface area contributed by atoms with E-state index in [1.54, 1.807) is 6.07 Å². The molecule has 0 amide bonds. The summed E-state index contributed by atoms with van der Waals surface area (Å²) in [6, 6.07) is 8.01. The van der Waals surface area contributed by atoms with Crippen LogP contribution < -0.4 is 0 Å². The van der Waals surface area contributed by atoms with E-state index in [1.807, 2.05) is 32.9 Å². The predicted octanol–water partition coefficient (Wildman–Crippen LogP) is 2.48. The van der Waals surface area contributed by atoms with Gasteiger partial charge in [-0.3, -0.25) is 0 Å². The Morgan fingerprint density at radius 3 is 2.46 bits per heavy atom. The molecule has 0 fully saturated rings. The summed E-state index contributed by atoms with van der Waals surface area (Å²) in [5.74, 6) is -0.912. The third kappa shape index (κ3) is 2.08. The van der Waals surface area contributed by atoms with Crippen molar-refractivity contribution in [3.63, 3.8) is 0 Å². The molecule has 1 rings (SSSR count). The van der Waals surface area contributed by atoms with Crippen LogP contribution in [-0.2, 0) is 5.41 Å². The summed E-state index contributed by atoms with van der Waals surface area (Å²) in [6.45, 7) is 5.97. The van der Waals surface area contributed by atoms with Gasteiger partial charge in [-0.1, -0.05) is 39.0 Å². The zero-order valence-corrected chi connectivity index (χ0v) is 8.09. The number of hydrogen-bond donors (Lipinski definition) is 1. The normalized spacial score (nSPS) is 11.3. The quantitative estimate of drug-likeness (QED) is 0.715. The molecular weight excluding hydrogens is 164 g/mol. The van der Waals surface area contributed by atoms with Gasteiger partial charge in [0.2, 0.25) is 0 Å². The van der Waals surface area contributed by atoms with Crippen LogP contribution in [0.5, 0.6) is 0 Å². The highest BCUT2D eigenvalue weighted by molar-refractivity contribution is 5.89. The lowest BCUT2D eigenvalue weighted by molar-refractivity contribution is 0.0694. The second-order valence-corrected chi connectivity index (χ2v) is 4.01. The lowest BCUT2D eigenvalue weighted by Crippen LogP contribution is -2.16. The van der Waals surface area contributed by atoms with Gasteiger partial charge in [-0.05, 0) is 17.0 Å². The van der Waals surface area contributed by atoms with E-state index in [1.165, 1.54) is 0 Å². The molecule has 0 bridgehead atoms. The van der Waals surface area contributed by atoms with E-state index in [9.17, 15) is 4.79 Å². The van der Waals surface area contributed by atoms with E-state index < -0.39 is 5.97 Å². The fourth-order valence-corrected chi connectivity index (χ4v) is 1.24. The molecule has 1 radical (unpaired) electrons. The first-order valence-corrected chi connectivity index (χ1v) is 4.17. The molecule has 0 unspecified atom stereocenters. The van der Waals surface area contributed by atoms with Gasteiger partial charge < -0.3 is 5.11 Å². The van der Waals surface area contributed by atoms with Crippen LogP contribution in [0.2, 0.25) is 0 Å². The molecule has 0 heterocycles. The van der Waals surface area contributed by atoms with Gasteiger partial charge in [-0.2, -0.15) is 0 Å². The highest BCUT2D eigenvalue weighted by Crippen LogP contribution is 2.25. The molecule has 69 valence electrons. The number of aromatic carboxylic acids is 1. The highest BCUT2D eigenvalue weighted by Gasteiger charge is 2.20. The molecule has 0 saturated heterocycles. The summed E-state index contributed by atoms with van der Waals surface area (Å²) in [5.41, 5.74) is 0.948. The second kappa shape index (κ2) is 3.21. The van der Waals surface area contributed by atoms with Gasteiger partial charge in [-0.25, -0.2) is 4.79 Å². The van der Waals surface area contributed by atoms with Crippen molar-refractivity contribution in [2.24, 2.45) is 0 Å². The number of carboxylic acid groups (broad SMARTS) is 1. The van der Waals surface area contributed by atoms with Crippen molar-refractivity contribution in [2.75, 3.05) is 0 Å². The van der Waals surface area contributed by atoms with Crippen LogP contribution in [0.3, 0.4) is 0 Å². The standard InChI is InChI=1S/C11H13O2/c1-11(2,3)9-7-5-4-6-8(9)10(12)13/h4-5,7H,1-3H3,(H,12,13). The first-order valence-electron chi connectivity index (χ1n) is 4.17. The highest BCUT2D eigenvalue weighted by atomic mass is 16.4. The van der Waals surface area contributed by atoms with E-state index in [-0.39, 0.29) is 11.0 Å². The maximum atomic E-state index is 10.8. The van der Waals surface area contributed by atoms with Crippen molar-refractivity contribution in [1.82, 2.24) is 0 Å². The van der Waals surface area contributed by atoms with Crippen molar-refractivity contribution in [3.05, 3.63) is 35.4 Å². The van der Waals surface area contributed by atoms with Gasteiger partial charge in [-0.15, -0.1) is 0 Å². The van der Waals surface area contributed by atoms with E-state index in [2.05, 4.69) is 6.07 Å². The van der Waals surface area contributed by atoms with Crippen LogP contribution in [0.4, 0.5) is 0 Å². The van der Waals surface area contributed by atoms with Gasteiger partial charge in [0.05, 0.1) is 5.56 Å². The summed E-state index contributed by atoms with van der Waals surface area (Å²) in [7, 11) is 0. The predicted molar refractivity (Wildman–Crippen MR) is 50.9 cm³/mol. The molecule has 2 heteroatoms. The van der Waals surface area contributed by atoms with E-state index in [0.717, 1.165) is 5.56 Å². The number of carboxylic acids is 1. The largest absolute Gasteiger partial charge is 0.478 e. The molecule has 1 aromatic rings. The molecule has 0 aromatic heterocycles. The van der Waals surface area contributed by atoms with Crippen LogP contribution in [-0.4, -0.2) is 11.1 Å². The maximum Gasteiger partial charge on any atom is 0.336 e.